The highest BCUT2D eigenvalue weighted by molar-refractivity contribution is 5.81. The van der Waals surface area contributed by atoms with E-state index >= 15 is 0 Å². The second kappa shape index (κ2) is 4.55. The fourth-order valence-corrected chi connectivity index (χ4v) is 1.95. The van der Waals surface area contributed by atoms with E-state index in [1.165, 1.54) is 0 Å². The predicted molar refractivity (Wildman–Crippen MR) is 66.6 cm³/mol. The summed E-state index contributed by atoms with van der Waals surface area (Å²) in [6.07, 6.45) is 3.70. The molecule has 1 aromatic heterocycles. The first-order valence-corrected chi connectivity index (χ1v) is 6.36. The summed E-state index contributed by atoms with van der Waals surface area (Å²) < 4.78 is 5.37. The quantitative estimate of drug-likeness (QED) is 0.852. The van der Waals surface area contributed by atoms with Crippen molar-refractivity contribution in [3.05, 3.63) is 24.2 Å². The third-order valence-corrected chi connectivity index (χ3v) is 3.85. The smallest absolute Gasteiger partial charge is 0.225 e. The van der Waals surface area contributed by atoms with E-state index in [-0.39, 0.29) is 11.3 Å². The summed E-state index contributed by atoms with van der Waals surface area (Å²) in [5.74, 6) is 2.27. The normalized spacial score (nSPS) is 23.5. The predicted octanol–water partition coefficient (Wildman–Crippen LogP) is 2.94. The molecule has 1 N–H and O–H groups in total. The maximum absolute atomic E-state index is 11.9. The lowest BCUT2D eigenvalue weighted by atomic mass is 9.89. The molecule has 3 heteroatoms. The van der Waals surface area contributed by atoms with Gasteiger partial charge in [0, 0.05) is 17.9 Å². The molecule has 0 spiro atoms. The van der Waals surface area contributed by atoms with Crippen LogP contribution in [0.25, 0.3) is 0 Å². The van der Waals surface area contributed by atoms with Gasteiger partial charge in [0.2, 0.25) is 5.91 Å². The van der Waals surface area contributed by atoms with Gasteiger partial charge in [0.1, 0.15) is 5.76 Å². The minimum atomic E-state index is -0.255. The Labute approximate surface area is 103 Å². The van der Waals surface area contributed by atoms with Gasteiger partial charge in [0.05, 0.1) is 6.26 Å². The SMILES string of the molecule is CCC(C)(C)C(=O)NC[C@@H]1C[C@H]1c1ccco1. The molecular formula is C14H21NO2. The molecule has 0 aromatic carbocycles. The van der Waals surface area contributed by atoms with Crippen LogP contribution in [-0.2, 0) is 4.79 Å². The van der Waals surface area contributed by atoms with Crippen molar-refractivity contribution in [2.24, 2.45) is 11.3 Å². The first-order valence-electron chi connectivity index (χ1n) is 6.36. The van der Waals surface area contributed by atoms with E-state index in [2.05, 4.69) is 5.32 Å². The average molecular weight is 235 g/mol. The molecule has 2 rings (SSSR count). The van der Waals surface area contributed by atoms with Crippen molar-refractivity contribution in [1.82, 2.24) is 5.32 Å². The minimum absolute atomic E-state index is 0.157. The van der Waals surface area contributed by atoms with Gasteiger partial charge in [-0.15, -0.1) is 0 Å². The van der Waals surface area contributed by atoms with Gasteiger partial charge in [-0.25, -0.2) is 0 Å². The molecule has 94 valence electrons. The third kappa shape index (κ3) is 2.71. The van der Waals surface area contributed by atoms with Crippen LogP contribution in [0.2, 0.25) is 0 Å². The van der Waals surface area contributed by atoms with Crippen LogP contribution in [0.3, 0.4) is 0 Å². The number of carbonyl (C=O) groups excluding carboxylic acids is 1. The van der Waals surface area contributed by atoms with Gasteiger partial charge in [-0.2, -0.15) is 0 Å². The van der Waals surface area contributed by atoms with Crippen LogP contribution in [0.4, 0.5) is 0 Å². The zero-order chi connectivity index (χ0) is 12.5. The van der Waals surface area contributed by atoms with Gasteiger partial charge in [0.15, 0.2) is 0 Å². The molecule has 1 aromatic rings. The summed E-state index contributed by atoms with van der Waals surface area (Å²) in [7, 11) is 0. The van der Waals surface area contributed by atoms with Crippen molar-refractivity contribution in [2.45, 2.75) is 39.5 Å². The summed E-state index contributed by atoms with van der Waals surface area (Å²) >= 11 is 0. The molecule has 1 heterocycles. The zero-order valence-corrected chi connectivity index (χ0v) is 10.8. The van der Waals surface area contributed by atoms with Crippen molar-refractivity contribution in [2.75, 3.05) is 6.54 Å². The van der Waals surface area contributed by atoms with E-state index in [0.717, 1.165) is 25.1 Å². The third-order valence-electron chi connectivity index (χ3n) is 3.85. The van der Waals surface area contributed by atoms with Crippen molar-refractivity contribution < 1.29 is 9.21 Å². The van der Waals surface area contributed by atoms with E-state index in [1.54, 1.807) is 6.26 Å². The van der Waals surface area contributed by atoms with Crippen molar-refractivity contribution in [3.8, 4) is 0 Å². The van der Waals surface area contributed by atoms with E-state index in [9.17, 15) is 4.79 Å². The lowest BCUT2D eigenvalue weighted by Crippen LogP contribution is -2.37. The Kier molecular flexibility index (Phi) is 3.27. The molecule has 17 heavy (non-hydrogen) atoms. The first-order chi connectivity index (χ1) is 8.04. The Balaban J connectivity index is 1.77. The van der Waals surface area contributed by atoms with Crippen LogP contribution in [0.5, 0.6) is 0 Å². The maximum Gasteiger partial charge on any atom is 0.225 e. The minimum Gasteiger partial charge on any atom is -0.469 e. The van der Waals surface area contributed by atoms with Crippen LogP contribution in [0.1, 0.15) is 45.3 Å². The van der Waals surface area contributed by atoms with Gasteiger partial charge >= 0.3 is 0 Å². The molecule has 3 nitrogen and oxygen atoms in total. The number of amides is 1. The molecule has 0 unspecified atom stereocenters. The van der Waals surface area contributed by atoms with Gasteiger partial charge < -0.3 is 9.73 Å². The second-order valence-electron chi connectivity index (χ2n) is 5.57. The molecular weight excluding hydrogens is 214 g/mol. The van der Waals surface area contributed by atoms with Gasteiger partial charge in [-0.1, -0.05) is 20.8 Å². The Bertz CT molecular complexity index is 381. The molecule has 1 amide bonds. The fraction of sp³-hybridized carbons (Fsp3) is 0.643. The van der Waals surface area contributed by atoms with Crippen molar-refractivity contribution in [3.63, 3.8) is 0 Å². The summed E-state index contributed by atoms with van der Waals surface area (Å²) in [6, 6.07) is 3.94. The molecule has 1 aliphatic rings. The average Bonchev–Trinajstić information content (AvgIpc) is 2.88. The number of hydrogen-bond donors (Lipinski definition) is 1. The van der Waals surface area contributed by atoms with E-state index in [4.69, 9.17) is 4.42 Å². The van der Waals surface area contributed by atoms with E-state index < -0.39 is 0 Å². The van der Waals surface area contributed by atoms with Crippen LogP contribution in [-0.4, -0.2) is 12.5 Å². The standard InChI is InChI=1S/C14H21NO2/c1-4-14(2,3)13(16)15-9-10-8-11(10)12-6-5-7-17-12/h5-7,10-11H,4,8-9H2,1-3H3,(H,15,16)/t10-,11+/m0/s1. The van der Waals surface area contributed by atoms with Crippen LogP contribution in [0, 0.1) is 11.3 Å². The highest BCUT2D eigenvalue weighted by Gasteiger charge is 2.40. The summed E-state index contributed by atoms with van der Waals surface area (Å²) in [5, 5.41) is 3.05. The molecule has 0 bridgehead atoms. The monoisotopic (exact) mass is 235 g/mol. The van der Waals surface area contributed by atoms with E-state index in [1.807, 2.05) is 32.9 Å². The second-order valence-corrected chi connectivity index (χ2v) is 5.57. The van der Waals surface area contributed by atoms with Crippen molar-refractivity contribution >= 4 is 5.91 Å². The van der Waals surface area contributed by atoms with Gasteiger partial charge in [-0.05, 0) is 30.9 Å². The molecule has 2 atom stereocenters. The summed E-state index contributed by atoms with van der Waals surface area (Å²) in [6.45, 7) is 6.79. The molecule has 1 saturated carbocycles. The maximum atomic E-state index is 11.9. The van der Waals surface area contributed by atoms with Gasteiger partial charge in [-0.3, -0.25) is 4.79 Å². The Morgan fingerprint density at radius 1 is 1.59 bits per heavy atom. The number of nitrogens with one attached hydrogen (secondary N) is 1. The topological polar surface area (TPSA) is 42.2 Å². The highest BCUT2D eigenvalue weighted by atomic mass is 16.3. The molecule has 0 radical (unpaired) electrons. The summed E-state index contributed by atoms with van der Waals surface area (Å²) in [4.78, 5) is 11.9. The molecule has 0 saturated heterocycles. The van der Waals surface area contributed by atoms with Gasteiger partial charge in [0.25, 0.3) is 0 Å². The number of furan rings is 1. The largest absolute Gasteiger partial charge is 0.469 e. The Hall–Kier alpha value is -1.25. The van der Waals surface area contributed by atoms with Crippen LogP contribution < -0.4 is 5.32 Å². The first kappa shape index (κ1) is 12.2. The molecule has 0 aliphatic heterocycles. The molecule has 1 fully saturated rings. The van der Waals surface area contributed by atoms with Crippen LogP contribution >= 0.6 is 0 Å². The lowest BCUT2D eigenvalue weighted by molar-refractivity contribution is -0.129. The van der Waals surface area contributed by atoms with Crippen molar-refractivity contribution in [1.29, 1.82) is 0 Å². The zero-order valence-electron chi connectivity index (χ0n) is 10.8. The molecule has 1 aliphatic carbocycles. The number of carbonyl (C=O) groups is 1. The highest BCUT2D eigenvalue weighted by Crippen LogP contribution is 2.47. The number of hydrogen-bond acceptors (Lipinski definition) is 2. The number of rotatable bonds is 5. The van der Waals surface area contributed by atoms with Crippen LogP contribution in [0.15, 0.2) is 22.8 Å². The Morgan fingerprint density at radius 2 is 2.35 bits per heavy atom. The van der Waals surface area contributed by atoms with E-state index in [0.29, 0.717) is 11.8 Å². The summed E-state index contributed by atoms with van der Waals surface area (Å²) in [5.41, 5.74) is -0.255. The Morgan fingerprint density at radius 3 is 2.94 bits per heavy atom. The fourth-order valence-electron chi connectivity index (χ4n) is 1.95. The lowest BCUT2D eigenvalue weighted by Gasteiger charge is -2.21.